The van der Waals surface area contributed by atoms with Gasteiger partial charge in [-0.1, -0.05) is 6.92 Å². The quantitative estimate of drug-likeness (QED) is 0.740. The van der Waals surface area contributed by atoms with Gasteiger partial charge in [0.05, 0.1) is 12.1 Å². The highest BCUT2D eigenvalue weighted by Gasteiger charge is 2.18. The molecule has 0 amide bonds. The third-order valence-corrected chi connectivity index (χ3v) is 2.20. The molecule has 0 aliphatic rings. The van der Waals surface area contributed by atoms with Gasteiger partial charge in [-0.2, -0.15) is 0 Å². The lowest BCUT2D eigenvalue weighted by atomic mass is 10.0. The first-order chi connectivity index (χ1) is 5.55. The third kappa shape index (κ3) is 2.08. The molecule has 3 heteroatoms. The summed E-state index contributed by atoms with van der Waals surface area (Å²) in [6.07, 6.45) is 4.39. The van der Waals surface area contributed by atoms with Crippen LogP contribution in [0.2, 0.25) is 0 Å². The summed E-state index contributed by atoms with van der Waals surface area (Å²) in [5.74, 6) is 0.948. The van der Waals surface area contributed by atoms with Crippen LogP contribution in [0.1, 0.15) is 26.1 Å². The minimum Gasteiger partial charge on any atom is -0.388 e. The summed E-state index contributed by atoms with van der Waals surface area (Å²) >= 11 is 0. The third-order valence-electron chi connectivity index (χ3n) is 2.20. The molecule has 1 atom stereocenters. The van der Waals surface area contributed by atoms with E-state index in [2.05, 4.69) is 4.98 Å². The SMILES string of the molecule is CCC(C)(O)Cn1ccnc1C. The van der Waals surface area contributed by atoms with Crippen molar-refractivity contribution in [2.45, 2.75) is 39.3 Å². The van der Waals surface area contributed by atoms with E-state index in [1.54, 1.807) is 6.20 Å². The maximum Gasteiger partial charge on any atom is 0.105 e. The molecule has 0 bridgehead atoms. The number of imidazole rings is 1. The Morgan fingerprint density at radius 2 is 2.33 bits per heavy atom. The van der Waals surface area contributed by atoms with E-state index in [1.807, 2.05) is 31.5 Å². The molecule has 1 aromatic heterocycles. The van der Waals surface area contributed by atoms with Crippen molar-refractivity contribution in [3.8, 4) is 0 Å². The van der Waals surface area contributed by atoms with Crippen LogP contribution in [0, 0.1) is 6.92 Å². The van der Waals surface area contributed by atoms with Crippen molar-refractivity contribution < 1.29 is 5.11 Å². The predicted octanol–water partition coefficient (Wildman–Crippen LogP) is 1.35. The summed E-state index contributed by atoms with van der Waals surface area (Å²) in [6.45, 7) is 6.37. The molecule has 1 unspecified atom stereocenters. The van der Waals surface area contributed by atoms with E-state index < -0.39 is 5.60 Å². The lowest BCUT2D eigenvalue weighted by Crippen LogP contribution is -2.29. The number of aromatic nitrogens is 2. The van der Waals surface area contributed by atoms with Gasteiger partial charge in [-0.25, -0.2) is 4.98 Å². The van der Waals surface area contributed by atoms with Gasteiger partial charge in [-0.05, 0) is 20.3 Å². The first-order valence-electron chi connectivity index (χ1n) is 4.25. The second-order valence-electron chi connectivity index (χ2n) is 3.45. The lowest BCUT2D eigenvalue weighted by molar-refractivity contribution is 0.0374. The predicted molar refractivity (Wildman–Crippen MR) is 47.9 cm³/mol. The zero-order valence-electron chi connectivity index (χ0n) is 7.91. The highest BCUT2D eigenvalue weighted by Crippen LogP contribution is 2.12. The van der Waals surface area contributed by atoms with Gasteiger partial charge in [-0.15, -0.1) is 0 Å². The van der Waals surface area contributed by atoms with Gasteiger partial charge in [0.1, 0.15) is 5.82 Å². The summed E-state index contributed by atoms with van der Waals surface area (Å²) in [7, 11) is 0. The second kappa shape index (κ2) is 3.27. The maximum atomic E-state index is 9.77. The molecular weight excluding hydrogens is 152 g/mol. The largest absolute Gasteiger partial charge is 0.388 e. The van der Waals surface area contributed by atoms with Gasteiger partial charge < -0.3 is 9.67 Å². The van der Waals surface area contributed by atoms with Crippen molar-refractivity contribution in [1.29, 1.82) is 0 Å². The standard InChI is InChI=1S/C9H16N2O/c1-4-9(3,12)7-11-6-5-10-8(11)2/h5-6,12H,4,7H2,1-3H3. The van der Waals surface area contributed by atoms with E-state index in [4.69, 9.17) is 0 Å². The minimum atomic E-state index is -0.620. The summed E-state index contributed by atoms with van der Waals surface area (Å²) in [6, 6.07) is 0. The fourth-order valence-corrected chi connectivity index (χ4v) is 1.05. The number of aryl methyl sites for hydroxylation is 1. The van der Waals surface area contributed by atoms with Crippen LogP contribution >= 0.6 is 0 Å². The molecule has 12 heavy (non-hydrogen) atoms. The Morgan fingerprint density at radius 1 is 1.67 bits per heavy atom. The van der Waals surface area contributed by atoms with Crippen LogP contribution in [0.15, 0.2) is 12.4 Å². The average Bonchev–Trinajstić information content (AvgIpc) is 2.36. The van der Waals surface area contributed by atoms with E-state index in [-0.39, 0.29) is 0 Å². The monoisotopic (exact) mass is 168 g/mol. The second-order valence-corrected chi connectivity index (χ2v) is 3.45. The highest BCUT2D eigenvalue weighted by atomic mass is 16.3. The molecule has 3 nitrogen and oxygen atoms in total. The zero-order chi connectivity index (χ0) is 9.19. The molecule has 1 aromatic rings. The molecule has 1 rings (SSSR count). The fraction of sp³-hybridized carbons (Fsp3) is 0.667. The van der Waals surface area contributed by atoms with Crippen molar-refractivity contribution in [3.05, 3.63) is 18.2 Å². The molecule has 1 heterocycles. The summed E-state index contributed by atoms with van der Waals surface area (Å²) < 4.78 is 1.96. The van der Waals surface area contributed by atoms with Gasteiger partial charge >= 0.3 is 0 Å². The molecule has 0 aliphatic carbocycles. The first kappa shape index (κ1) is 9.26. The lowest BCUT2D eigenvalue weighted by Gasteiger charge is -2.22. The van der Waals surface area contributed by atoms with E-state index >= 15 is 0 Å². The molecule has 0 saturated carbocycles. The van der Waals surface area contributed by atoms with Crippen LogP contribution in [-0.4, -0.2) is 20.3 Å². The van der Waals surface area contributed by atoms with E-state index in [9.17, 15) is 5.11 Å². The van der Waals surface area contributed by atoms with Gasteiger partial charge in [-0.3, -0.25) is 0 Å². The van der Waals surface area contributed by atoms with Crippen molar-refractivity contribution >= 4 is 0 Å². The first-order valence-corrected chi connectivity index (χ1v) is 4.25. The topological polar surface area (TPSA) is 38.0 Å². The Kier molecular flexibility index (Phi) is 2.52. The molecular formula is C9H16N2O. The van der Waals surface area contributed by atoms with Crippen LogP contribution < -0.4 is 0 Å². The van der Waals surface area contributed by atoms with Crippen molar-refractivity contribution in [3.63, 3.8) is 0 Å². The van der Waals surface area contributed by atoms with Crippen molar-refractivity contribution in [2.24, 2.45) is 0 Å². The molecule has 0 aliphatic heterocycles. The number of rotatable bonds is 3. The fourth-order valence-electron chi connectivity index (χ4n) is 1.05. The Bertz CT molecular complexity index is 253. The van der Waals surface area contributed by atoms with Gasteiger partial charge in [0.15, 0.2) is 0 Å². The Balaban J connectivity index is 2.70. The number of nitrogens with zero attached hydrogens (tertiary/aromatic N) is 2. The smallest absolute Gasteiger partial charge is 0.105 e. The van der Waals surface area contributed by atoms with Crippen LogP contribution in [0.25, 0.3) is 0 Å². The molecule has 1 N–H and O–H groups in total. The zero-order valence-corrected chi connectivity index (χ0v) is 7.91. The molecule has 0 saturated heterocycles. The highest BCUT2D eigenvalue weighted by molar-refractivity contribution is 4.90. The van der Waals surface area contributed by atoms with Gasteiger partial charge in [0.25, 0.3) is 0 Å². The molecule has 0 spiro atoms. The van der Waals surface area contributed by atoms with Crippen molar-refractivity contribution in [2.75, 3.05) is 0 Å². The Morgan fingerprint density at radius 3 is 2.75 bits per heavy atom. The Hall–Kier alpha value is -0.830. The van der Waals surface area contributed by atoms with E-state index in [1.165, 1.54) is 0 Å². The minimum absolute atomic E-state index is 0.620. The maximum absolute atomic E-state index is 9.77. The number of hydrogen-bond acceptors (Lipinski definition) is 2. The van der Waals surface area contributed by atoms with Crippen LogP contribution in [-0.2, 0) is 6.54 Å². The number of hydrogen-bond donors (Lipinski definition) is 1. The normalized spacial score (nSPS) is 16.0. The van der Waals surface area contributed by atoms with Crippen LogP contribution in [0.4, 0.5) is 0 Å². The summed E-state index contributed by atoms with van der Waals surface area (Å²) in [5, 5.41) is 9.77. The van der Waals surface area contributed by atoms with Crippen molar-refractivity contribution in [1.82, 2.24) is 9.55 Å². The molecule has 0 aromatic carbocycles. The molecule has 0 fully saturated rings. The number of aliphatic hydroxyl groups is 1. The van der Waals surface area contributed by atoms with E-state index in [0.29, 0.717) is 6.54 Å². The Labute approximate surface area is 73.1 Å². The molecule has 68 valence electrons. The van der Waals surface area contributed by atoms with Crippen LogP contribution in [0.3, 0.4) is 0 Å². The van der Waals surface area contributed by atoms with Gasteiger partial charge in [0, 0.05) is 12.4 Å². The van der Waals surface area contributed by atoms with Crippen LogP contribution in [0.5, 0.6) is 0 Å². The molecule has 0 radical (unpaired) electrons. The van der Waals surface area contributed by atoms with E-state index in [0.717, 1.165) is 12.2 Å². The van der Waals surface area contributed by atoms with Gasteiger partial charge in [0.2, 0.25) is 0 Å². The summed E-state index contributed by atoms with van der Waals surface area (Å²) in [4.78, 5) is 4.09. The average molecular weight is 168 g/mol. The summed E-state index contributed by atoms with van der Waals surface area (Å²) in [5.41, 5.74) is -0.620.